The van der Waals surface area contributed by atoms with Crippen molar-refractivity contribution in [2.45, 2.75) is 38.1 Å². The zero-order valence-electron chi connectivity index (χ0n) is 19.7. The van der Waals surface area contributed by atoms with Gasteiger partial charge in [-0.3, -0.25) is 14.4 Å². The first-order chi connectivity index (χ1) is 16.0. The largest absolute Gasteiger partial charge is 0.388 e. The van der Waals surface area contributed by atoms with Gasteiger partial charge in [-0.05, 0) is 37.9 Å². The van der Waals surface area contributed by atoms with E-state index in [9.17, 15) is 14.4 Å². The molecular formula is C24H36N6O3. The minimum absolute atomic E-state index is 0.0359. The third kappa shape index (κ3) is 6.10. The molecule has 1 saturated heterocycles. The fourth-order valence-electron chi connectivity index (χ4n) is 4.77. The molecule has 1 saturated carbocycles. The van der Waals surface area contributed by atoms with Gasteiger partial charge in [0.05, 0.1) is 6.54 Å². The minimum atomic E-state index is -0.500. The van der Waals surface area contributed by atoms with E-state index in [1.807, 2.05) is 0 Å². The number of benzene rings is 1. The van der Waals surface area contributed by atoms with E-state index in [2.05, 4.69) is 16.0 Å². The second-order valence-electron chi connectivity index (χ2n) is 8.79. The smallest absolute Gasteiger partial charge is 0.254 e. The second kappa shape index (κ2) is 11.8. The summed E-state index contributed by atoms with van der Waals surface area (Å²) in [6, 6.07) is 4.75. The number of amides is 3. The Hall–Kier alpha value is -2.94. The molecule has 0 aromatic heterocycles. The van der Waals surface area contributed by atoms with E-state index in [0.717, 1.165) is 36.9 Å². The molecule has 1 aliphatic carbocycles. The standard InChI is InChI=1S/C24H36N6O3/c1-26-16-21(31)28-22(17-6-4-3-5-7-17)24(33)30-12-10-29(11-13-30)23(32)18-8-9-19(15-25)20(14-18)27-2/h8-9,14-15,17,22,25-27H,3-7,10-13,16H2,1-2H3,(H,28,31). The van der Waals surface area contributed by atoms with Gasteiger partial charge in [0.25, 0.3) is 5.91 Å². The molecule has 0 bridgehead atoms. The molecule has 0 spiro atoms. The molecule has 3 rings (SSSR count). The van der Waals surface area contributed by atoms with Crippen molar-refractivity contribution < 1.29 is 14.4 Å². The van der Waals surface area contributed by atoms with E-state index in [-0.39, 0.29) is 30.2 Å². The van der Waals surface area contributed by atoms with Crippen LogP contribution in [-0.2, 0) is 9.59 Å². The van der Waals surface area contributed by atoms with E-state index in [1.54, 1.807) is 42.1 Å². The van der Waals surface area contributed by atoms with Crippen LogP contribution in [0.15, 0.2) is 18.2 Å². The van der Waals surface area contributed by atoms with Gasteiger partial charge in [0.15, 0.2) is 0 Å². The molecule has 3 amide bonds. The summed E-state index contributed by atoms with van der Waals surface area (Å²) in [6.07, 6.45) is 6.51. The minimum Gasteiger partial charge on any atom is -0.388 e. The first-order valence-corrected chi connectivity index (χ1v) is 11.8. The van der Waals surface area contributed by atoms with Crippen molar-refractivity contribution in [3.05, 3.63) is 29.3 Å². The maximum absolute atomic E-state index is 13.4. The van der Waals surface area contributed by atoms with Crippen LogP contribution in [-0.4, -0.2) is 86.6 Å². The molecule has 1 heterocycles. The lowest BCUT2D eigenvalue weighted by molar-refractivity contribution is -0.139. The molecule has 1 atom stereocenters. The number of rotatable bonds is 8. The third-order valence-electron chi connectivity index (χ3n) is 6.64. The Morgan fingerprint density at radius 1 is 1.06 bits per heavy atom. The average Bonchev–Trinajstić information content (AvgIpc) is 2.86. The highest BCUT2D eigenvalue weighted by Crippen LogP contribution is 2.28. The Labute approximate surface area is 195 Å². The summed E-state index contributed by atoms with van der Waals surface area (Å²) >= 11 is 0. The predicted molar refractivity (Wildman–Crippen MR) is 129 cm³/mol. The van der Waals surface area contributed by atoms with Gasteiger partial charge in [0.2, 0.25) is 11.8 Å². The Kier molecular flexibility index (Phi) is 8.82. The molecule has 1 unspecified atom stereocenters. The zero-order chi connectivity index (χ0) is 23.8. The highest BCUT2D eigenvalue weighted by molar-refractivity contribution is 5.97. The number of likely N-dealkylation sites (N-methyl/N-ethyl adjacent to an activating group) is 1. The van der Waals surface area contributed by atoms with Gasteiger partial charge < -0.3 is 31.2 Å². The average molecular weight is 457 g/mol. The monoisotopic (exact) mass is 456 g/mol. The van der Waals surface area contributed by atoms with Gasteiger partial charge in [-0.2, -0.15) is 0 Å². The topological polar surface area (TPSA) is 118 Å². The van der Waals surface area contributed by atoms with Crippen LogP contribution in [0.5, 0.6) is 0 Å². The van der Waals surface area contributed by atoms with Crippen LogP contribution in [0.2, 0.25) is 0 Å². The molecule has 1 aromatic rings. The summed E-state index contributed by atoms with van der Waals surface area (Å²) < 4.78 is 0. The first-order valence-electron chi connectivity index (χ1n) is 11.8. The lowest BCUT2D eigenvalue weighted by Gasteiger charge is -2.39. The molecule has 4 N–H and O–H groups in total. The number of anilines is 1. The molecule has 9 nitrogen and oxygen atoms in total. The summed E-state index contributed by atoms with van der Waals surface area (Å²) in [7, 11) is 3.48. The van der Waals surface area contributed by atoms with Crippen LogP contribution in [0.4, 0.5) is 5.69 Å². The summed E-state index contributed by atoms with van der Waals surface area (Å²) in [5.74, 6) is -0.115. The van der Waals surface area contributed by atoms with Crippen LogP contribution < -0.4 is 16.0 Å². The lowest BCUT2D eigenvalue weighted by atomic mass is 9.83. The van der Waals surface area contributed by atoms with Gasteiger partial charge in [0.1, 0.15) is 6.04 Å². The fraction of sp³-hybridized carbons (Fsp3) is 0.583. The van der Waals surface area contributed by atoms with Crippen LogP contribution in [0, 0.1) is 11.3 Å². The Morgan fingerprint density at radius 2 is 1.73 bits per heavy atom. The number of carbonyl (C=O) groups excluding carboxylic acids is 3. The van der Waals surface area contributed by atoms with Gasteiger partial charge in [-0.15, -0.1) is 0 Å². The molecule has 2 fully saturated rings. The zero-order valence-corrected chi connectivity index (χ0v) is 19.7. The van der Waals surface area contributed by atoms with E-state index < -0.39 is 6.04 Å². The van der Waals surface area contributed by atoms with Crippen molar-refractivity contribution in [3.63, 3.8) is 0 Å². The van der Waals surface area contributed by atoms with Crippen molar-refractivity contribution in [2.75, 3.05) is 52.1 Å². The molecule has 33 heavy (non-hydrogen) atoms. The van der Waals surface area contributed by atoms with Crippen molar-refractivity contribution >= 4 is 29.6 Å². The summed E-state index contributed by atoms with van der Waals surface area (Å²) in [5, 5.41) is 16.3. The highest BCUT2D eigenvalue weighted by atomic mass is 16.2. The lowest BCUT2D eigenvalue weighted by Crippen LogP contribution is -2.58. The summed E-state index contributed by atoms with van der Waals surface area (Å²) in [4.78, 5) is 42.2. The molecular weight excluding hydrogens is 420 g/mol. The van der Waals surface area contributed by atoms with E-state index >= 15 is 0 Å². The van der Waals surface area contributed by atoms with Gasteiger partial charge >= 0.3 is 0 Å². The Morgan fingerprint density at radius 3 is 2.33 bits per heavy atom. The Bertz CT molecular complexity index is 860. The molecule has 0 radical (unpaired) electrons. The molecule has 1 aromatic carbocycles. The van der Waals surface area contributed by atoms with Crippen molar-refractivity contribution in [1.29, 1.82) is 5.41 Å². The SMILES string of the molecule is CNCC(=O)NC(C(=O)N1CCN(C(=O)c2ccc(C=N)c(NC)c2)CC1)C1CCCCC1. The quantitative estimate of drug-likeness (QED) is 0.440. The van der Waals surface area contributed by atoms with E-state index in [0.29, 0.717) is 31.7 Å². The predicted octanol–water partition coefficient (Wildman–Crippen LogP) is 1.29. The number of piperazine rings is 1. The van der Waals surface area contributed by atoms with E-state index in [4.69, 9.17) is 5.41 Å². The number of nitrogens with zero attached hydrogens (tertiary/aromatic N) is 2. The first kappa shape index (κ1) is 24.7. The van der Waals surface area contributed by atoms with Crippen molar-refractivity contribution in [2.24, 2.45) is 5.92 Å². The molecule has 2 aliphatic rings. The summed E-state index contributed by atoms with van der Waals surface area (Å²) in [6.45, 7) is 1.99. The van der Waals surface area contributed by atoms with Crippen LogP contribution in [0.25, 0.3) is 0 Å². The number of nitrogens with one attached hydrogen (secondary N) is 4. The van der Waals surface area contributed by atoms with E-state index in [1.165, 1.54) is 12.6 Å². The van der Waals surface area contributed by atoms with Crippen LogP contribution in [0.3, 0.4) is 0 Å². The number of hydrogen-bond donors (Lipinski definition) is 4. The summed E-state index contributed by atoms with van der Waals surface area (Å²) in [5.41, 5.74) is 2.01. The molecule has 180 valence electrons. The van der Waals surface area contributed by atoms with Gasteiger partial charge in [-0.25, -0.2) is 0 Å². The Balaban J connectivity index is 1.64. The highest BCUT2D eigenvalue weighted by Gasteiger charge is 2.35. The maximum Gasteiger partial charge on any atom is 0.254 e. The van der Waals surface area contributed by atoms with Gasteiger partial charge in [0, 0.05) is 56.3 Å². The third-order valence-corrected chi connectivity index (χ3v) is 6.64. The van der Waals surface area contributed by atoms with Crippen molar-refractivity contribution in [3.8, 4) is 0 Å². The molecule has 9 heteroatoms. The maximum atomic E-state index is 13.4. The fourth-order valence-corrected chi connectivity index (χ4v) is 4.77. The molecule has 1 aliphatic heterocycles. The van der Waals surface area contributed by atoms with Crippen molar-refractivity contribution in [1.82, 2.24) is 20.4 Å². The second-order valence-corrected chi connectivity index (χ2v) is 8.79. The van der Waals surface area contributed by atoms with Crippen LogP contribution in [0.1, 0.15) is 48.0 Å². The van der Waals surface area contributed by atoms with Crippen LogP contribution >= 0.6 is 0 Å². The number of hydrogen-bond acceptors (Lipinski definition) is 6. The normalized spacial score (nSPS) is 17.9. The van der Waals surface area contributed by atoms with Gasteiger partial charge in [-0.1, -0.05) is 25.3 Å². The number of carbonyl (C=O) groups is 3.